The predicted octanol–water partition coefficient (Wildman–Crippen LogP) is 4.53. The Hall–Kier alpha value is -2.41. The zero-order valence-corrected chi connectivity index (χ0v) is 15.9. The van der Waals surface area contributed by atoms with Gasteiger partial charge in [0.25, 0.3) is 0 Å². The van der Waals surface area contributed by atoms with Crippen LogP contribution in [0, 0.1) is 6.92 Å². The van der Waals surface area contributed by atoms with Crippen LogP contribution in [0.2, 0.25) is 10.0 Å². The Morgan fingerprint density at radius 2 is 1.88 bits per heavy atom. The lowest BCUT2D eigenvalue weighted by molar-refractivity contribution is -0.115. The maximum Gasteiger partial charge on any atom is 0.335 e. The lowest BCUT2D eigenvalue weighted by Gasteiger charge is -2.11. The highest BCUT2D eigenvalue weighted by molar-refractivity contribution is 7.80. The maximum absolute atomic E-state index is 12.0. The first-order valence-corrected chi connectivity index (χ1v) is 8.51. The predicted molar refractivity (Wildman–Crippen MR) is 108 cm³/mol. The van der Waals surface area contributed by atoms with Gasteiger partial charge in [-0.3, -0.25) is 10.1 Å². The molecule has 0 aliphatic heterocycles. The van der Waals surface area contributed by atoms with Crippen LogP contribution in [0.25, 0.3) is 6.08 Å². The number of halogens is 2. The van der Waals surface area contributed by atoms with Gasteiger partial charge < -0.3 is 10.4 Å². The van der Waals surface area contributed by atoms with Crippen molar-refractivity contribution in [3.8, 4) is 0 Å². The van der Waals surface area contributed by atoms with Crippen LogP contribution in [0.5, 0.6) is 0 Å². The van der Waals surface area contributed by atoms with Crippen molar-refractivity contribution in [3.05, 3.63) is 69.2 Å². The molecule has 5 nitrogen and oxygen atoms in total. The molecule has 3 N–H and O–H groups in total. The number of anilines is 1. The fraction of sp³-hybridized carbons (Fsp3) is 0.0556. The molecule has 0 unspecified atom stereocenters. The van der Waals surface area contributed by atoms with E-state index in [9.17, 15) is 9.59 Å². The lowest BCUT2D eigenvalue weighted by atomic mass is 10.1. The number of carboxylic acid groups (broad SMARTS) is 1. The van der Waals surface area contributed by atoms with E-state index in [1.54, 1.807) is 31.2 Å². The fourth-order valence-corrected chi connectivity index (χ4v) is 2.68. The number of hydrogen-bond acceptors (Lipinski definition) is 3. The van der Waals surface area contributed by atoms with Crippen molar-refractivity contribution in [1.82, 2.24) is 5.32 Å². The second kappa shape index (κ2) is 8.80. The Bertz CT molecular complexity index is 913. The first kappa shape index (κ1) is 19.9. The Balaban J connectivity index is 2.01. The number of carbonyl (C=O) groups is 2. The number of nitrogens with one attached hydrogen (secondary N) is 2. The topological polar surface area (TPSA) is 78.4 Å². The molecule has 0 saturated carbocycles. The van der Waals surface area contributed by atoms with Crippen LogP contribution in [-0.2, 0) is 4.79 Å². The van der Waals surface area contributed by atoms with E-state index in [-0.39, 0.29) is 10.7 Å². The lowest BCUT2D eigenvalue weighted by Crippen LogP contribution is -2.33. The molecule has 0 aliphatic carbocycles. The van der Waals surface area contributed by atoms with E-state index < -0.39 is 11.9 Å². The van der Waals surface area contributed by atoms with Gasteiger partial charge in [-0.05, 0) is 60.6 Å². The number of thiocarbonyl (C=S) groups is 1. The van der Waals surface area contributed by atoms with Gasteiger partial charge in [-0.15, -0.1) is 0 Å². The standard InChI is InChI=1S/C18H14Cl2N2O3S/c1-10-2-3-12(17(24)25)8-15(10)21-18(26)22-16(23)7-5-11-4-6-13(19)9-14(11)20/h2-9H,1H3,(H,24,25)(H2,21,22,23,26). The average Bonchev–Trinajstić information content (AvgIpc) is 2.55. The Morgan fingerprint density at radius 3 is 2.54 bits per heavy atom. The molecule has 0 aromatic heterocycles. The van der Waals surface area contributed by atoms with Gasteiger partial charge in [0.05, 0.1) is 5.56 Å². The molecular formula is C18H14Cl2N2O3S. The summed E-state index contributed by atoms with van der Waals surface area (Å²) in [6.45, 7) is 1.79. The third-order valence-corrected chi connectivity index (χ3v) is 4.11. The summed E-state index contributed by atoms with van der Waals surface area (Å²) in [6, 6.07) is 9.51. The molecule has 0 bridgehead atoms. The summed E-state index contributed by atoms with van der Waals surface area (Å²) in [5.74, 6) is -1.51. The summed E-state index contributed by atoms with van der Waals surface area (Å²) in [4.78, 5) is 23.0. The van der Waals surface area contributed by atoms with Crippen molar-refractivity contribution in [1.29, 1.82) is 0 Å². The molecule has 134 valence electrons. The molecule has 0 aliphatic rings. The van der Waals surface area contributed by atoms with Gasteiger partial charge in [0.2, 0.25) is 5.91 Å². The van der Waals surface area contributed by atoms with E-state index in [2.05, 4.69) is 10.6 Å². The van der Waals surface area contributed by atoms with E-state index in [0.717, 1.165) is 5.56 Å². The van der Waals surface area contributed by atoms with Gasteiger partial charge in [0.1, 0.15) is 0 Å². The summed E-state index contributed by atoms with van der Waals surface area (Å²) in [6.07, 6.45) is 2.82. The number of aromatic carboxylic acids is 1. The zero-order chi connectivity index (χ0) is 19.3. The summed E-state index contributed by atoms with van der Waals surface area (Å²) in [7, 11) is 0. The van der Waals surface area contributed by atoms with Crippen molar-refractivity contribution in [2.45, 2.75) is 6.92 Å². The number of carboxylic acids is 1. The van der Waals surface area contributed by atoms with Gasteiger partial charge in [0.15, 0.2) is 5.11 Å². The van der Waals surface area contributed by atoms with Crippen LogP contribution in [0.4, 0.5) is 5.69 Å². The summed E-state index contributed by atoms with van der Waals surface area (Å²) in [5, 5.41) is 15.3. The largest absolute Gasteiger partial charge is 0.478 e. The van der Waals surface area contributed by atoms with Gasteiger partial charge >= 0.3 is 5.97 Å². The molecule has 0 radical (unpaired) electrons. The molecule has 1 amide bonds. The number of benzene rings is 2. The SMILES string of the molecule is Cc1ccc(C(=O)O)cc1NC(=S)NC(=O)C=Cc1ccc(Cl)cc1Cl. The molecule has 2 rings (SSSR count). The van der Waals surface area contributed by atoms with Gasteiger partial charge in [0, 0.05) is 21.8 Å². The molecule has 0 saturated heterocycles. The highest BCUT2D eigenvalue weighted by Crippen LogP contribution is 2.22. The molecule has 26 heavy (non-hydrogen) atoms. The van der Waals surface area contributed by atoms with Crippen molar-refractivity contribution in [2.24, 2.45) is 0 Å². The molecular weight excluding hydrogens is 395 g/mol. The number of rotatable bonds is 4. The van der Waals surface area contributed by atoms with Crippen LogP contribution < -0.4 is 10.6 Å². The van der Waals surface area contributed by atoms with Crippen LogP contribution in [0.1, 0.15) is 21.5 Å². The van der Waals surface area contributed by atoms with Crippen LogP contribution >= 0.6 is 35.4 Å². The van der Waals surface area contributed by atoms with Crippen LogP contribution in [-0.4, -0.2) is 22.1 Å². The first-order valence-electron chi connectivity index (χ1n) is 7.35. The van der Waals surface area contributed by atoms with Crippen LogP contribution in [0.3, 0.4) is 0 Å². The van der Waals surface area contributed by atoms with Crippen molar-refractivity contribution >= 4 is 64.2 Å². The summed E-state index contributed by atoms with van der Waals surface area (Å²) in [5.41, 5.74) is 2.04. The highest BCUT2D eigenvalue weighted by Gasteiger charge is 2.08. The second-order valence-electron chi connectivity index (χ2n) is 5.28. The number of carbonyl (C=O) groups excluding carboxylic acids is 1. The van der Waals surface area contributed by atoms with Gasteiger partial charge in [-0.2, -0.15) is 0 Å². The Morgan fingerprint density at radius 1 is 1.15 bits per heavy atom. The number of aryl methyl sites for hydroxylation is 1. The average molecular weight is 409 g/mol. The summed E-state index contributed by atoms with van der Waals surface area (Å²) < 4.78 is 0. The number of hydrogen-bond donors (Lipinski definition) is 3. The van der Waals surface area contributed by atoms with E-state index in [4.69, 9.17) is 40.5 Å². The minimum atomic E-state index is -1.05. The molecule has 0 spiro atoms. The second-order valence-corrected chi connectivity index (χ2v) is 6.53. The molecule has 2 aromatic rings. The third kappa shape index (κ3) is 5.56. The highest BCUT2D eigenvalue weighted by atomic mass is 35.5. The van der Waals surface area contributed by atoms with E-state index in [1.807, 2.05) is 0 Å². The minimum absolute atomic E-state index is 0.0486. The van der Waals surface area contributed by atoms with Crippen LogP contribution in [0.15, 0.2) is 42.5 Å². The van der Waals surface area contributed by atoms with Crippen molar-refractivity contribution in [3.63, 3.8) is 0 Å². The van der Waals surface area contributed by atoms with E-state index in [0.29, 0.717) is 21.3 Å². The van der Waals surface area contributed by atoms with E-state index >= 15 is 0 Å². The minimum Gasteiger partial charge on any atom is -0.478 e. The molecule has 8 heteroatoms. The smallest absolute Gasteiger partial charge is 0.335 e. The summed E-state index contributed by atoms with van der Waals surface area (Å²) >= 11 is 16.9. The van der Waals surface area contributed by atoms with Gasteiger partial charge in [-0.25, -0.2) is 4.79 Å². The Labute approximate surface area is 165 Å². The van der Waals surface area contributed by atoms with E-state index in [1.165, 1.54) is 24.3 Å². The zero-order valence-electron chi connectivity index (χ0n) is 13.5. The molecule has 0 heterocycles. The Kier molecular flexibility index (Phi) is 6.74. The van der Waals surface area contributed by atoms with Crippen molar-refractivity contribution < 1.29 is 14.7 Å². The normalized spacial score (nSPS) is 10.6. The molecule has 0 fully saturated rings. The monoisotopic (exact) mass is 408 g/mol. The quantitative estimate of drug-likeness (QED) is 0.511. The van der Waals surface area contributed by atoms with Crippen molar-refractivity contribution in [2.75, 3.05) is 5.32 Å². The maximum atomic E-state index is 12.0. The number of amides is 1. The molecule has 2 aromatic carbocycles. The fourth-order valence-electron chi connectivity index (χ4n) is 2.00. The molecule has 0 atom stereocenters. The first-order chi connectivity index (χ1) is 12.3. The third-order valence-electron chi connectivity index (χ3n) is 3.35. The van der Waals surface area contributed by atoms with Gasteiger partial charge in [-0.1, -0.05) is 35.3 Å².